The van der Waals surface area contributed by atoms with Crippen molar-refractivity contribution in [3.63, 3.8) is 0 Å². The van der Waals surface area contributed by atoms with Crippen LogP contribution in [0.5, 0.6) is 5.75 Å². The molecule has 0 radical (unpaired) electrons. The van der Waals surface area contributed by atoms with Gasteiger partial charge in [0.2, 0.25) is 0 Å². The molecule has 8 nitrogen and oxygen atoms in total. The lowest BCUT2D eigenvalue weighted by Gasteiger charge is -2.22. The van der Waals surface area contributed by atoms with Gasteiger partial charge in [0.15, 0.2) is 5.78 Å². The number of hydrogen-bond donors (Lipinski definition) is 1. The van der Waals surface area contributed by atoms with Crippen molar-refractivity contribution in [2.45, 2.75) is 13.8 Å². The van der Waals surface area contributed by atoms with Gasteiger partial charge in [-0.2, -0.15) is 0 Å². The van der Waals surface area contributed by atoms with E-state index in [4.69, 9.17) is 14.2 Å². The minimum atomic E-state index is -0.546. The Morgan fingerprint density at radius 2 is 1.69 bits per heavy atom. The van der Waals surface area contributed by atoms with E-state index in [0.29, 0.717) is 28.1 Å². The van der Waals surface area contributed by atoms with Crippen LogP contribution in [0.4, 0.5) is 0 Å². The zero-order valence-electron chi connectivity index (χ0n) is 17.3. The van der Waals surface area contributed by atoms with Gasteiger partial charge in [0.1, 0.15) is 11.4 Å². The molecule has 0 unspecified atom stereocenters. The molecule has 0 spiro atoms. The highest BCUT2D eigenvalue weighted by molar-refractivity contribution is 6.05. The fraction of sp³-hybridized carbons (Fsp3) is 0.381. The van der Waals surface area contributed by atoms with Crippen LogP contribution in [0.2, 0.25) is 0 Å². The second-order valence-corrected chi connectivity index (χ2v) is 6.49. The zero-order chi connectivity index (χ0) is 21.6. The SMILES string of the molecule is COCCN(CC(=O)c1c(C)[nH]c(C(=O)OC)c1C)C(=O)c1ccc(OC)cc1. The fourth-order valence-corrected chi connectivity index (χ4v) is 3.10. The van der Waals surface area contributed by atoms with Gasteiger partial charge in [0, 0.05) is 30.5 Å². The number of aromatic nitrogens is 1. The minimum absolute atomic E-state index is 0.144. The largest absolute Gasteiger partial charge is 0.497 e. The number of rotatable bonds is 9. The third-order valence-corrected chi connectivity index (χ3v) is 4.63. The number of hydrogen-bond acceptors (Lipinski definition) is 6. The standard InChI is InChI=1S/C21H26N2O6/c1-13-18(14(2)22-19(13)21(26)29-5)17(24)12-23(10-11-27-3)20(25)15-6-8-16(28-4)9-7-15/h6-9,22H,10-12H2,1-5H3. The summed E-state index contributed by atoms with van der Waals surface area (Å²) in [6, 6.07) is 6.67. The second kappa shape index (κ2) is 9.88. The molecule has 1 aromatic carbocycles. The molecular formula is C21H26N2O6. The zero-order valence-corrected chi connectivity index (χ0v) is 17.3. The van der Waals surface area contributed by atoms with E-state index in [-0.39, 0.29) is 37.1 Å². The monoisotopic (exact) mass is 402 g/mol. The molecule has 0 atom stereocenters. The summed E-state index contributed by atoms with van der Waals surface area (Å²) in [4.78, 5) is 42.1. The van der Waals surface area contributed by atoms with Crippen molar-refractivity contribution in [2.24, 2.45) is 0 Å². The molecule has 0 aliphatic rings. The fourth-order valence-electron chi connectivity index (χ4n) is 3.10. The molecule has 0 saturated heterocycles. The number of nitrogens with one attached hydrogen (secondary N) is 1. The van der Waals surface area contributed by atoms with E-state index in [9.17, 15) is 14.4 Å². The molecule has 8 heteroatoms. The molecule has 0 aliphatic heterocycles. The van der Waals surface area contributed by atoms with Gasteiger partial charge in [0.25, 0.3) is 5.91 Å². The number of aryl methyl sites for hydroxylation is 1. The Kier molecular flexibility index (Phi) is 7.55. The summed E-state index contributed by atoms with van der Waals surface area (Å²) in [5.41, 5.74) is 2.11. The van der Waals surface area contributed by atoms with Crippen LogP contribution in [-0.4, -0.2) is 68.6 Å². The summed E-state index contributed by atoms with van der Waals surface area (Å²) in [5, 5.41) is 0. The van der Waals surface area contributed by atoms with Crippen LogP contribution in [0.25, 0.3) is 0 Å². The van der Waals surface area contributed by atoms with Crippen molar-refractivity contribution in [1.29, 1.82) is 0 Å². The summed E-state index contributed by atoms with van der Waals surface area (Å²) in [7, 11) is 4.35. The number of ketones is 1. The number of esters is 1. The van der Waals surface area contributed by atoms with Gasteiger partial charge in [-0.3, -0.25) is 9.59 Å². The molecule has 1 heterocycles. The Hall–Kier alpha value is -3.13. The maximum Gasteiger partial charge on any atom is 0.354 e. The first kappa shape index (κ1) is 22.2. The maximum absolute atomic E-state index is 13.0. The van der Waals surface area contributed by atoms with Crippen molar-refractivity contribution in [1.82, 2.24) is 9.88 Å². The van der Waals surface area contributed by atoms with Crippen LogP contribution in [-0.2, 0) is 9.47 Å². The molecule has 1 N–H and O–H groups in total. The van der Waals surface area contributed by atoms with Crippen LogP contribution in [0, 0.1) is 13.8 Å². The van der Waals surface area contributed by atoms with Gasteiger partial charge in [-0.15, -0.1) is 0 Å². The van der Waals surface area contributed by atoms with Crippen molar-refractivity contribution in [3.05, 3.63) is 52.3 Å². The van der Waals surface area contributed by atoms with E-state index in [2.05, 4.69) is 4.98 Å². The molecule has 2 rings (SSSR count). The molecule has 0 aliphatic carbocycles. The summed E-state index contributed by atoms with van der Waals surface area (Å²) in [6.07, 6.45) is 0. The van der Waals surface area contributed by atoms with Crippen LogP contribution in [0.15, 0.2) is 24.3 Å². The van der Waals surface area contributed by atoms with E-state index >= 15 is 0 Å². The number of aromatic amines is 1. The first-order valence-corrected chi connectivity index (χ1v) is 9.07. The highest BCUT2D eigenvalue weighted by Crippen LogP contribution is 2.20. The van der Waals surface area contributed by atoms with Gasteiger partial charge in [-0.05, 0) is 43.7 Å². The highest BCUT2D eigenvalue weighted by Gasteiger charge is 2.25. The third kappa shape index (κ3) is 5.03. The lowest BCUT2D eigenvalue weighted by Crippen LogP contribution is -2.38. The minimum Gasteiger partial charge on any atom is -0.497 e. The number of carbonyl (C=O) groups is 3. The predicted molar refractivity (Wildman–Crippen MR) is 107 cm³/mol. The third-order valence-electron chi connectivity index (χ3n) is 4.63. The summed E-state index contributed by atoms with van der Waals surface area (Å²) in [6.45, 7) is 3.77. The number of Topliss-reactive ketones (excluding diaryl/α,β-unsaturated/α-hetero) is 1. The number of H-pyrrole nitrogens is 1. The molecule has 29 heavy (non-hydrogen) atoms. The number of amides is 1. The summed E-state index contributed by atoms with van der Waals surface area (Å²) < 4.78 is 14.9. The molecule has 0 saturated carbocycles. The van der Waals surface area contributed by atoms with Gasteiger partial charge >= 0.3 is 5.97 Å². The number of benzene rings is 1. The van der Waals surface area contributed by atoms with Gasteiger partial charge in [-0.25, -0.2) is 4.79 Å². The first-order chi connectivity index (χ1) is 13.8. The lowest BCUT2D eigenvalue weighted by molar-refractivity contribution is 0.0593. The van der Waals surface area contributed by atoms with E-state index in [1.807, 2.05) is 0 Å². The topological polar surface area (TPSA) is 97.9 Å². The van der Waals surface area contributed by atoms with Crippen LogP contribution in [0.3, 0.4) is 0 Å². The Bertz CT molecular complexity index is 885. The van der Waals surface area contributed by atoms with Crippen molar-refractivity contribution >= 4 is 17.7 Å². The number of carbonyl (C=O) groups excluding carboxylic acids is 3. The molecular weight excluding hydrogens is 376 g/mol. The van der Waals surface area contributed by atoms with Gasteiger partial charge < -0.3 is 24.1 Å². The highest BCUT2D eigenvalue weighted by atomic mass is 16.5. The van der Waals surface area contributed by atoms with Crippen LogP contribution < -0.4 is 4.74 Å². The molecule has 0 fully saturated rings. The van der Waals surface area contributed by atoms with E-state index in [1.165, 1.54) is 19.1 Å². The predicted octanol–water partition coefficient (Wildman–Crippen LogP) is 2.40. The van der Waals surface area contributed by atoms with E-state index in [0.717, 1.165) is 0 Å². The lowest BCUT2D eigenvalue weighted by atomic mass is 10.0. The van der Waals surface area contributed by atoms with Crippen molar-refractivity contribution in [2.75, 3.05) is 41.0 Å². The normalized spacial score (nSPS) is 10.5. The van der Waals surface area contributed by atoms with Gasteiger partial charge in [0.05, 0.1) is 27.4 Å². The summed E-state index contributed by atoms with van der Waals surface area (Å²) >= 11 is 0. The molecule has 1 amide bonds. The molecule has 156 valence electrons. The van der Waals surface area contributed by atoms with Crippen LogP contribution in [0.1, 0.15) is 42.5 Å². The Balaban J connectivity index is 2.27. The summed E-state index contributed by atoms with van der Waals surface area (Å²) in [5.74, 6) is -0.480. The van der Waals surface area contributed by atoms with Crippen molar-refractivity contribution in [3.8, 4) is 5.75 Å². The van der Waals surface area contributed by atoms with E-state index in [1.54, 1.807) is 45.2 Å². The molecule has 1 aromatic heterocycles. The Morgan fingerprint density at radius 3 is 2.24 bits per heavy atom. The average molecular weight is 402 g/mol. The number of ether oxygens (including phenoxy) is 3. The smallest absolute Gasteiger partial charge is 0.354 e. The number of methoxy groups -OCH3 is 3. The Morgan fingerprint density at radius 1 is 1.03 bits per heavy atom. The molecule has 0 bridgehead atoms. The first-order valence-electron chi connectivity index (χ1n) is 9.07. The maximum atomic E-state index is 13.0. The number of nitrogens with zero attached hydrogens (tertiary/aromatic N) is 1. The quantitative estimate of drug-likeness (QED) is 0.511. The van der Waals surface area contributed by atoms with Gasteiger partial charge in [-0.1, -0.05) is 0 Å². The van der Waals surface area contributed by atoms with Crippen LogP contribution >= 0.6 is 0 Å². The van der Waals surface area contributed by atoms with E-state index < -0.39 is 5.97 Å². The van der Waals surface area contributed by atoms with Crippen molar-refractivity contribution < 1.29 is 28.6 Å². The second-order valence-electron chi connectivity index (χ2n) is 6.49. The Labute approximate surface area is 169 Å². The molecule has 2 aromatic rings. The average Bonchev–Trinajstić information content (AvgIpc) is 3.03.